The molecule has 1 N–H and O–H groups in total. The zero-order chi connectivity index (χ0) is 13.2. The van der Waals surface area contributed by atoms with Gasteiger partial charge in [-0.3, -0.25) is 4.79 Å². The second kappa shape index (κ2) is 5.07. The Morgan fingerprint density at radius 1 is 1.11 bits per heavy atom. The van der Waals surface area contributed by atoms with Gasteiger partial charge in [-0.25, -0.2) is 0 Å². The normalized spacial score (nSPS) is 11.2. The second-order valence-corrected chi connectivity index (χ2v) is 5.01. The zero-order valence-electron chi connectivity index (χ0n) is 10.5. The minimum Gasteiger partial charge on any atom is -0.354 e. The van der Waals surface area contributed by atoms with Gasteiger partial charge in [-0.1, -0.05) is 18.2 Å². The van der Waals surface area contributed by atoms with Crippen molar-refractivity contribution in [3.63, 3.8) is 0 Å². The van der Waals surface area contributed by atoms with E-state index in [1.807, 2.05) is 49.4 Å². The summed E-state index contributed by atoms with van der Waals surface area (Å²) < 4.78 is 5.36. The molecule has 3 nitrogen and oxygen atoms in total. The summed E-state index contributed by atoms with van der Waals surface area (Å²) in [6, 6.07) is 13.3. The molecule has 1 aromatic heterocycles. The van der Waals surface area contributed by atoms with Crippen LogP contribution in [0.2, 0.25) is 0 Å². The van der Waals surface area contributed by atoms with Crippen molar-refractivity contribution in [2.24, 2.45) is 0 Å². The summed E-state index contributed by atoms with van der Waals surface area (Å²) in [6.45, 7) is 2.53. The molecule has 1 heterocycles. The Morgan fingerprint density at radius 2 is 1.89 bits per heavy atom. The number of rotatable bonds is 3. The van der Waals surface area contributed by atoms with E-state index in [-0.39, 0.29) is 5.43 Å². The van der Waals surface area contributed by atoms with Crippen molar-refractivity contribution in [2.75, 3.05) is 6.61 Å². The smallest absolute Gasteiger partial charge is 0.198 e. The number of fused-ring (bicyclic) bond motifs is 2. The summed E-state index contributed by atoms with van der Waals surface area (Å²) in [5, 5.41) is 1.40. The topological polar surface area (TPSA) is 42.1 Å². The molecule has 0 unspecified atom stereocenters. The molecule has 0 bridgehead atoms. The maximum atomic E-state index is 12.6. The quantitative estimate of drug-likeness (QED) is 0.583. The molecule has 2 aromatic carbocycles. The largest absolute Gasteiger partial charge is 0.354 e. The van der Waals surface area contributed by atoms with E-state index in [9.17, 15) is 4.79 Å². The molecule has 0 saturated carbocycles. The predicted molar refractivity (Wildman–Crippen MR) is 79.6 cm³/mol. The number of H-pyrrole nitrogens is 1. The summed E-state index contributed by atoms with van der Waals surface area (Å²) in [4.78, 5) is 16.7. The average molecular weight is 271 g/mol. The SMILES string of the molecule is CCOSc1cccc2[nH]c3ccccc3c(=O)c12. The fourth-order valence-corrected chi connectivity index (χ4v) is 2.80. The van der Waals surface area contributed by atoms with Crippen LogP contribution in [0.15, 0.2) is 52.2 Å². The summed E-state index contributed by atoms with van der Waals surface area (Å²) in [6.07, 6.45) is 0. The molecular formula is C15H13NO2S. The highest BCUT2D eigenvalue weighted by Crippen LogP contribution is 2.26. The first kappa shape index (κ1) is 12.3. The van der Waals surface area contributed by atoms with Gasteiger partial charge in [0.2, 0.25) is 0 Å². The average Bonchev–Trinajstić information content (AvgIpc) is 2.45. The molecule has 0 amide bonds. The number of aromatic nitrogens is 1. The van der Waals surface area contributed by atoms with Gasteiger partial charge < -0.3 is 9.17 Å². The first-order valence-electron chi connectivity index (χ1n) is 6.14. The molecule has 0 spiro atoms. The van der Waals surface area contributed by atoms with Crippen LogP contribution < -0.4 is 5.43 Å². The van der Waals surface area contributed by atoms with Gasteiger partial charge in [0.05, 0.1) is 17.5 Å². The van der Waals surface area contributed by atoms with Crippen LogP contribution in [0.4, 0.5) is 0 Å². The number of hydrogen-bond donors (Lipinski definition) is 1. The van der Waals surface area contributed by atoms with Crippen molar-refractivity contribution in [2.45, 2.75) is 11.8 Å². The lowest BCUT2D eigenvalue weighted by Gasteiger charge is -2.06. The van der Waals surface area contributed by atoms with Crippen LogP contribution in [0.25, 0.3) is 21.8 Å². The fraction of sp³-hybridized carbons (Fsp3) is 0.133. The van der Waals surface area contributed by atoms with Gasteiger partial charge in [0.1, 0.15) is 0 Å². The number of hydrogen-bond acceptors (Lipinski definition) is 3. The van der Waals surface area contributed by atoms with Gasteiger partial charge in [-0.2, -0.15) is 0 Å². The molecule has 0 radical (unpaired) electrons. The molecule has 3 rings (SSSR count). The first-order chi connectivity index (χ1) is 9.31. The molecule has 0 fully saturated rings. The zero-order valence-corrected chi connectivity index (χ0v) is 11.3. The number of aromatic amines is 1. The summed E-state index contributed by atoms with van der Waals surface area (Å²) in [5.74, 6) is 0. The van der Waals surface area contributed by atoms with Crippen molar-refractivity contribution in [3.05, 3.63) is 52.7 Å². The third kappa shape index (κ3) is 2.13. The second-order valence-electron chi connectivity index (χ2n) is 4.17. The number of nitrogens with one attached hydrogen (secondary N) is 1. The van der Waals surface area contributed by atoms with Crippen LogP contribution >= 0.6 is 12.0 Å². The molecule has 0 aliphatic rings. The Morgan fingerprint density at radius 3 is 2.74 bits per heavy atom. The van der Waals surface area contributed by atoms with Gasteiger partial charge in [-0.15, -0.1) is 0 Å². The van der Waals surface area contributed by atoms with Crippen molar-refractivity contribution in [1.82, 2.24) is 4.98 Å². The first-order valence-corrected chi connectivity index (χ1v) is 6.88. The number of pyridine rings is 1. The molecule has 96 valence electrons. The van der Waals surface area contributed by atoms with Crippen LogP contribution in [0.1, 0.15) is 6.92 Å². The van der Waals surface area contributed by atoms with Gasteiger partial charge in [0.25, 0.3) is 0 Å². The number of benzene rings is 2. The van der Waals surface area contributed by atoms with E-state index in [1.54, 1.807) is 0 Å². The Hall–Kier alpha value is -1.78. The van der Waals surface area contributed by atoms with Crippen molar-refractivity contribution in [3.8, 4) is 0 Å². The molecule has 0 aliphatic heterocycles. The molecular weight excluding hydrogens is 258 g/mol. The lowest BCUT2D eigenvalue weighted by molar-refractivity contribution is 0.402. The van der Waals surface area contributed by atoms with Gasteiger partial charge in [-0.05, 0) is 31.2 Å². The Balaban J connectivity index is 2.36. The van der Waals surface area contributed by atoms with Crippen LogP contribution in [0.3, 0.4) is 0 Å². The fourth-order valence-electron chi connectivity index (χ4n) is 2.13. The Labute approximate surface area is 114 Å². The molecule has 0 aliphatic carbocycles. The van der Waals surface area contributed by atoms with Crippen LogP contribution in [-0.4, -0.2) is 11.6 Å². The lowest BCUT2D eigenvalue weighted by atomic mass is 10.1. The van der Waals surface area contributed by atoms with E-state index >= 15 is 0 Å². The summed E-state index contributed by atoms with van der Waals surface area (Å²) in [5.41, 5.74) is 1.75. The van der Waals surface area contributed by atoms with Crippen LogP contribution in [-0.2, 0) is 4.18 Å². The maximum Gasteiger partial charge on any atom is 0.198 e. The molecule has 3 aromatic rings. The Kier molecular flexibility index (Phi) is 3.27. The minimum absolute atomic E-state index is 0.0483. The Bertz CT molecular complexity index is 795. The third-order valence-electron chi connectivity index (χ3n) is 2.96. The molecule has 19 heavy (non-hydrogen) atoms. The van der Waals surface area contributed by atoms with Crippen molar-refractivity contribution in [1.29, 1.82) is 0 Å². The van der Waals surface area contributed by atoms with E-state index in [2.05, 4.69) is 4.98 Å². The molecule has 4 heteroatoms. The van der Waals surface area contributed by atoms with Crippen molar-refractivity contribution >= 4 is 33.8 Å². The van der Waals surface area contributed by atoms with Gasteiger partial charge in [0, 0.05) is 27.8 Å². The van der Waals surface area contributed by atoms with E-state index < -0.39 is 0 Å². The molecule has 0 saturated heterocycles. The van der Waals surface area contributed by atoms with Crippen LogP contribution in [0, 0.1) is 0 Å². The van der Waals surface area contributed by atoms with Gasteiger partial charge in [0.15, 0.2) is 5.43 Å². The van der Waals surface area contributed by atoms with Crippen LogP contribution in [0.5, 0.6) is 0 Å². The highest BCUT2D eigenvalue weighted by atomic mass is 32.2. The standard InChI is InChI=1S/C15H13NO2S/c1-2-18-19-13-9-5-8-12-14(13)15(17)10-6-3-4-7-11(10)16-12/h3-9H,2H2,1H3,(H,16,17). The van der Waals surface area contributed by atoms with E-state index in [0.29, 0.717) is 17.4 Å². The molecule has 0 atom stereocenters. The minimum atomic E-state index is 0.0483. The van der Waals surface area contributed by atoms with E-state index in [1.165, 1.54) is 12.0 Å². The summed E-state index contributed by atoms with van der Waals surface area (Å²) >= 11 is 1.25. The number of para-hydroxylation sites is 1. The third-order valence-corrected chi connectivity index (χ3v) is 3.83. The maximum absolute atomic E-state index is 12.6. The summed E-state index contributed by atoms with van der Waals surface area (Å²) in [7, 11) is 0. The lowest BCUT2D eigenvalue weighted by Crippen LogP contribution is -2.05. The van der Waals surface area contributed by atoms with E-state index in [4.69, 9.17) is 4.18 Å². The van der Waals surface area contributed by atoms with E-state index in [0.717, 1.165) is 15.9 Å². The van der Waals surface area contributed by atoms with Crippen molar-refractivity contribution < 1.29 is 4.18 Å². The van der Waals surface area contributed by atoms with Gasteiger partial charge >= 0.3 is 0 Å². The highest BCUT2D eigenvalue weighted by Gasteiger charge is 2.09. The monoisotopic (exact) mass is 271 g/mol. The highest BCUT2D eigenvalue weighted by molar-refractivity contribution is 7.95. The predicted octanol–water partition coefficient (Wildman–Crippen LogP) is 3.72.